The number of aromatic nitrogens is 2. The lowest BCUT2D eigenvalue weighted by Crippen LogP contribution is -2.24. The van der Waals surface area contributed by atoms with Crippen molar-refractivity contribution >= 4 is 10.0 Å². The number of unbranched alkanes of at least 4 members (excludes halogenated alkanes) is 1. The second-order valence-electron chi connectivity index (χ2n) is 6.35. The number of nitrogens with two attached hydrogens (primary N) is 1. The van der Waals surface area contributed by atoms with Gasteiger partial charge in [0.1, 0.15) is 5.82 Å². The van der Waals surface area contributed by atoms with Crippen LogP contribution in [0.4, 0.5) is 4.39 Å². The minimum absolute atomic E-state index is 0.0395. The number of hydrogen-bond acceptors (Lipinski definition) is 5. The molecule has 0 unspecified atom stereocenters. The van der Waals surface area contributed by atoms with Crippen LogP contribution in [-0.2, 0) is 10.0 Å². The third-order valence-corrected chi connectivity index (χ3v) is 5.17. The molecule has 7 nitrogen and oxygen atoms in total. The first-order valence-corrected chi connectivity index (χ1v) is 10.5. The maximum atomic E-state index is 13.2. The van der Waals surface area contributed by atoms with E-state index in [-0.39, 0.29) is 10.6 Å². The maximum Gasteiger partial charge on any atom is 0.314 e. The Morgan fingerprint density at radius 2 is 1.76 bits per heavy atom. The van der Waals surface area contributed by atoms with Crippen LogP contribution in [0.3, 0.4) is 0 Å². The van der Waals surface area contributed by atoms with E-state index in [1.807, 2.05) is 6.92 Å². The standard InChI is InChI=1S/C20H20FN3O4S/c1-2-3-12-28-19-18(14-4-10-17(11-5-14)29(22,26)27)13-23-24(20(19)25)16-8-6-15(21)7-9-16/h4-11,13H,2-3,12H2,1H3,(H2,22,26,27). The summed E-state index contributed by atoms with van der Waals surface area (Å²) in [6.07, 6.45) is 3.09. The van der Waals surface area contributed by atoms with E-state index in [1.165, 1.54) is 54.7 Å². The predicted octanol–water partition coefficient (Wildman–Crippen LogP) is 2.86. The second kappa shape index (κ2) is 8.54. The monoisotopic (exact) mass is 417 g/mol. The Labute approximate surface area is 167 Å². The van der Waals surface area contributed by atoms with E-state index in [1.54, 1.807) is 0 Å². The summed E-state index contributed by atoms with van der Waals surface area (Å²) >= 11 is 0. The second-order valence-corrected chi connectivity index (χ2v) is 7.91. The summed E-state index contributed by atoms with van der Waals surface area (Å²) in [5, 5.41) is 9.30. The summed E-state index contributed by atoms with van der Waals surface area (Å²) in [7, 11) is -3.83. The van der Waals surface area contributed by atoms with Crippen LogP contribution in [0.25, 0.3) is 16.8 Å². The summed E-state index contributed by atoms with van der Waals surface area (Å²) in [6.45, 7) is 2.33. The van der Waals surface area contributed by atoms with Gasteiger partial charge in [-0.15, -0.1) is 0 Å². The molecule has 0 bridgehead atoms. The fraction of sp³-hybridized carbons (Fsp3) is 0.200. The Balaban J connectivity index is 2.10. The Hall–Kier alpha value is -3.04. The molecular formula is C20H20FN3O4S. The van der Waals surface area contributed by atoms with Crippen molar-refractivity contribution in [1.29, 1.82) is 0 Å². The molecular weight excluding hydrogens is 397 g/mol. The summed E-state index contributed by atoms with van der Waals surface area (Å²) in [5.41, 5.74) is 0.874. The summed E-state index contributed by atoms with van der Waals surface area (Å²) in [4.78, 5) is 13.0. The number of hydrogen-bond donors (Lipinski definition) is 1. The molecule has 0 aliphatic carbocycles. The number of rotatable bonds is 7. The van der Waals surface area contributed by atoms with Crippen LogP contribution >= 0.6 is 0 Å². The van der Waals surface area contributed by atoms with Crippen molar-refractivity contribution in [2.75, 3.05) is 6.61 Å². The first-order chi connectivity index (χ1) is 13.8. The van der Waals surface area contributed by atoms with Crippen molar-refractivity contribution in [1.82, 2.24) is 9.78 Å². The summed E-state index contributed by atoms with van der Waals surface area (Å²) in [5.74, 6) is -0.339. The molecule has 1 heterocycles. The van der Waals surface area contributed by atoms with Gasteiger partial charge in [0, 0.05) is 5.56 Å². The molecule has 29 heavy (non-hydrogen) atoms. The number of primary sulfonamides is 1. The molecule has 3 rings (SSSR count). The van der Waals surface area contributed by atoms with Crippen molar-refractivity contribution in [3.8, 4) is 22.6 Å². The number of halogens is 1. The largest absolute Gasteiger partial charge is 0.487 e. The number of benzene rings is 2. The van der Waals surface area contributed by atoms with Crippen LogP contribution in [0.2, 0.25) is 0 Å². The van der Waals surface area contributed by atoms with Gasteiger partial charge >= 0.3 is 5.56 Å². The van der Waals surface area contributed by atoms with E-state index in [9.17, 15) is 17.6 Å². The zero-order valence-corrected chi connectivity index (χ0v) is 16.5. The van der Waals surface area contributed by atoms with E-state index in [2.05, 4.69) is 5.10 Å². The molecule has 0 aliphatic heterocycles. The van der Waals surface area contributed by atoms with Crippen molar-refractivity contribution in [2.45, 2.75) is 24.7 Å². The van der Waals surface area contributed by atoms with Crippen LogP contribution in [0.1, 0.15) is 19.8 Å². The molecule has 0 aliphatic rings. The highest BCUT2D eigenvalue weighted by Gasteiger charge is 2.17. The molecule has 0 saturated heterocycles. The SMILES string of the molecule is CCCCOc1c(-c2ccc(S(N)(=O)=O)cc2)cnn(-c2ccc(F)cc2)c1=O. The first kappa shape index (κ1) is 20.7. The van der Waals surface area contributed by atoms with E-state index in [4.69, 9.17) is 9.88 Å². The highest BCUT2D eigenvalue weighted by molar-refractivity contribution is 7.89. The van der Waals surface area contributed by atoms with Gasteiger partial charge in [0.15, 0.2) is 5.75 Å². The third-order valence-electron chi connectivity index (χ3n) is 4.24. The molecule has 0 fully saturated rings. The van der Waals surface area contributed by atoms with Gasteiger partial charge in [0.25, 0.3) is 0 Å². The molecule has 0 amide bonds. The smallest absolute Gasteiger partial charge is 0.314 e. The molecule has 2 aromatic carbocycles. The molecule has 152 valence electrons. The van der Waals surface area contributed by atoms with Crippen LogP contribution in [0, 0.1) is 5.82 Å². The van der Waals surface area contributed by atoms with Gasteiger partial charge in [0.2, 0.25) is 10.0 Å². The average molecular weight is 417 g/mol. The van der Waals surface area contributed by atoms with Gasteiger partial charge in [0.05, 0.1) is 23.4 Å². The quantitative estimate of drug-likeness (QED) is 0.595. The molecule has 0 radical (unpaired) electrons. The van der Waals surface area contributed by atoms with E-state index >= 15 is 0 Å². The minimum atomic E-state index is -3.83. The molecule has 3 aromatic rings. The minimum Gasteiger partial charge on any atom is -0.487 e. The molecule has 9 heteroatoms. The highest BCUT2D eigenvalue weighted by atomic mass is 32.2. The normalized spacial score (nSPS) is 11.4. The van der Waals surface area contributed by atoms with Gasteiger partial charge in [-0.1, -0.05) is 25.5 Å². The maximum absolute atomic E-state index is 13.2. The fourth-order valence-electron chi connectivity index (χ4n) is 2.69. The van der Waals surface area contributed by atoms with Crippen LogP contribution < -0.4 is 15.4 Å². The fourth-order valence-corrected chi connectivity index (χ4v) is 3.21. The lowest BCUT2D eigenvalue weighted by molar-refractivity contribution is 0.304. The van der Waals surface area contributed by atoms with Gasteiger partial charge < -0.3 is 4.74 Å². The first-order valence-electron chi connectivity index (χ1n) is 8.95. The number of nitrogens with zero attached hydrogens (tertiary/aromatic N) is 2. The molecule has 1 aromatic heterocycles. The summed E-state index contributed by atoms with van der Waals surface area (Å²) < 4.78 is 43.0. The number of sulfonamides is 1. The van der Waals surface area contributed by atoms with Crippen molar-refractivity contribution in [3.63, 3.8) is 0 Å². The Morgan fingerprint density at radius 3 is 2.34 bits per heavy atom. The van der Waals surface area contributed by atoms with Gasteiger partial charge in [-0.05, 0) is 48.4 Å². The lowest BCUT2D eigenvalue weighted by Gasteiger charge is -2.13. The summed E-state index contributed by atoms with van der Waals surface area (Å²) in [6, 6.07) is 11.1. The van der Waals surface area contributed by atoms with E-state index < -0.39 is 21.4 Å². The highest BCUT2D eigenvalue weighted by Crippen LogP contribution is 2.27. The average Bonchev–Trinajstić information content (AvgIpc) is 2.69. The van der Waals surface area contributed by atoms with Crippen molar-refractivity contribution < 1.29 is 17.5 Å². The van der Waals surface area contributed by atoms with Gasteiger partial charge in [-0.25, -0.2) is 17.9 Å². The predicted molar refractivity (Wildman–Crippen MR) is 107 cm³/mol. The molecule has 0 saturated carbocycles. The van der Waals surface area contributed by atoms with E-state index in [0.717, 1.165) is 17.5 Å². The van der Waals surface area contributed by atoms with Crippen molar-refractivity contribution in [3.05, 3.63) is 70.9 Å². The molecule has 0 spiro atoms. The zero-order valence-electron chi connectivity index (χ0n) is 15.7. The van der Waals surface area contributed by atoms with Crippen LogP contribution in [0.5, 0.6) is 5.75 Å². The van der Waals surface area contributed by atoms with Crippen LogP contribution in [-0.4, -0.2) is 24.8 Å². The Bertz CT molecular complexity index is 1160. The van der Waals surface area contributed by atoms with Crippen LogP contribution in [0.15, 0.2) is 64.4 Å². The third kappa shape index (κ3) is 4.69. The Kier molecular flexibility index (Phi) is 6.09. The zero-order chi connectivity index (χ0) is 21.0. The van der Waals surface area contributed by atoms with Crippen molar-refractivity contribution in [2.24, 2.45) is 5.14 Å². The van der Waals surface area contributed by atoms with Gasteiger partial charge in [-0.3, -0.25) is 4.79 Å². The number of ether oxygens (including phenoxy) is 1. The lowest BCUT2D eigenvalue weighted by atomic mass is 10.1. The van der Waals surface area contributed by atoms with E-state index in [0.29, 0.717) is 23.4 Å². The topological polar surface area (TPSA) is 104 Å². The molecule has 2 N–H and O–H groups in total. The Morgan fingerprint density at radius 1 is 1.10 bits per heavy atom. The van der Waals surface area contributed by atoms with Gasteiger partial charge in [-0.2, -0.15) is 9.78 Å². The molecule has 0 atom stereocenters.